The van der Waals surface area contributed by atoms with Crippen molar-refractivity contribution in [1.29, 1.82) is 0 Å². The van der Waals surface area contributed by atoms with Gasteiger partial charge in [0.2, 0.25) is 11.5 Å². The van der Waals surface area contributed by atoms with E-state index in [1.54, 1.807) is 42.5 Å². The molecule has 1 aliphatic heterocycles. The monoisotopic (exact) mass is 763 g/mol. The van der Waals surface area contributed by atoms with E-state index in [1.165, 1.54) is 42.7 Å². The Morgan fingerprint density at radius 1 is 1.06 bits per heavy atom. The molecule has 15 heteroatoms. The molecule has 1 unspecified atom stereocenters. The molecule has 3 aromatic carbocycles. The zero-order valence-corrected chi connectivity index (χ0v) is 30.4. The van der Waals surface area contributed by atoms with Crippen molar-refractivity contribution in [1.82, 2.24) is 15.2 Å². The second kappa shape index (κ2) is 17.2. The number of benzene rings is 3. The number of aliphatic hydroxyl groups is 1. The molecule has 1 aliphatic rings. The molecule has 2 amide bonds. The smallest absolute Gasteiger partial charge is 0.411 e. The van der Waals surface area contributed by atoms with E-state index in [1.807, 2.05) is 5.38 Å². The normalized spacial score (nSPS) is 14.2. The molecule has 53 heavy (non-hydrogen) atoms. The van der Waals surface area contributed by atoms with Crippen molar-refractivity contribution in [3.63, 3.8) is 0 Å². The molecule has 1 fully saturated rings. The zero-order valence-electron chi connectivity index (χ0n) is 28.8. The Morgan fingerprint density at radius 2 is 1.83 bits per heavy atom. The van der Waals surface area contributed by atoms with Gasteiger partial charge in [0.1, 0.15) is 23.4 Å². The first-order chi connectivity index (χ1) is 25.6. The van der Waals surface area contributed by atoms with Crippen LogP contribution >= 0.6 is 22.9 Å². The van der Waals surface area contributed by atoms with E-state index < -0.39 is 12.2 Å². The van der Waals surface area contributed by atoms with Gasteiger partial charge in [0, 0.05) is 62.2 Å². The highest BCUT2D eigenvalue weighted by molar-refractivity contribution is 7.14. The number of aliphatic hydroxyl groups excluding tert-OH is 1. The number of carbonyl (C=O) groups excluding carboxylic acids is 2. The summed E-state index contributed by atoms with van der Waals surface area (Å²) in [6.07, 6.45) is -0.247. The van der Waals surface area contributed by atoms with Crippen molar-refractivity contribution >= 4 is 57.2 Å². The lowest BCUT2D eigenvalue weighted by Gasteiger charge is -2.31. The van der Waals surface area contributed by atoms with Gasteiger partial charge >= 0.3 is 6.09 Å². The highest BCUT2D eigenvalue weighted by atomic mass is 35.5. The van der Waals surface area contributed by atoms with Crippen molar-refractivity contribution in [3.05, 3.63) is 104 Å². The van der Waals surface area contributed by atoms with Crippen molar-refractivity contribution < 1.29 is 33.7 Å². The molecule has 0 spiro atoms. The number of carbonyl (C=O) groups is 2. The number of H-pyrrole nitrogens is 1. The minimum atomic E-state index is -0.943. The molecule has 12 nitrogen and oxygen atoms in total. The van der Waals surface area contributed by atoms with Gasteiger partial charge in [0.15, 0.2) is 0 Å². The molecule has 0 aliphatic carbocycles. The van der Waals surface area contributed by atoms with Crippen LogP contribution in [0.1, 0.15) is 36.5 Å². The minimum absolute atomic E-state index is 0.0860. The van der Waals surface area contributed by atoms with E-state index in [4.69, 9.17) is 21.1 Å². The fourth-order valence-corrected chi connectivity index (χ4v) is 7.36. The van der Waals surface area contributed by atoms with Crippen LogP contribution in [0.4, 0.5) is 20.6 Å². The standard InChI is InChI=1S/C38H39ClFN5O7S/c1-51-33-19-30(28(39)18-23(33)20-41-21-32(47)26-6-8-31(46)36-27(26)7-9-34(48)44-36)42-35(49)12-16-45-14-10-25(11-15-45)52-38(50)43-29-13-17-53-37(29)22-2-4-24(40)5-3-22/h2-9,13,17-19,25,32,41,46-47H,10-12,14-16,20-21H2,1H3,(H,42,49)(H,43,50)(H,44,48). The lowest BCUT2D eigenvalue weighted by Crippen LogP contribution is -2.39. The molecule has 0 radical (unpaired) electrons. The predicted molar refractivity (Wildman–Crippen MR) is 203 cm³/mol. The summed E-state index contributed by atoms with van der Waals surface area (Å²) in [5, 5.41) is 32.6. The number of nitrogens with zero attached hydrogens (tertiary/aromatic N) is 1. The molecule has 1 atom stereocenters. The first-order valence-electron chi connectivity index (χ1n) is 17.0. The van der Waals surface area contributed by atoms with Crippen molar-refractivity contribution in [2.75, 3.05) is 43.9 Å². The van der Waals surface area contributed by atoms with Crippen LogP contribution in [0.5, 0.6) is 11.5 Å². The predicted octanol–water partition coefficient (Wildman–Crippen LogP) is 6.63. The topological polar surface area (TPSA) is 165 Å². The summed E-state index contributed by atoms with van der Waals surface area (Å²) in [5.74, 6) is -0.129. The first kappa shape index (κ1) is 37.8. The molecule has 0 saturated carbocycles. The third-order valence-corrected chi connectivity index (χ3v) is 10.3. The number of fused-ring (bicyclic) bond motifs is 1. The quantitative estimate of drug-likeness (QED) is 0.0773. The third-order valence-electron chi connectivity index (χ3n) is 9.03. The number of amides is 2. The van der Waals surface area contributed by atoms with E-state index in [0.717, 1.165) is 10.4 Å². The number of phenols is 1. The van der Waals surface area contributed by atoms with Crippen LogP contribution < -0.4 is 26.2 Å². The second-order valence-corrected chi connectivity index (χ2v) is 13.9. The van der Waals surface area contributed by atoms with E-state index in [0.29, 0.717) is 77.7 Å². The zero-order chi connectivity index (χ0) is 37.5. The van der Waals surface area contributed by atoms with E-state index in [9.17, 15) is 29.0 Å². The minimum Gasteiger partial charge on any atom is -0.506 e. The number of likely N-dealkylation sites (tertiary alicyclic amines) is 1. The van der Waals surface area contributed by atoms with Gasteiger partial charge < -0.3 is 40.2 Å². The largest absolute Gasteiger partial charge is 0.506 e. The van der Waals surface area contributed by atoms with E-state index >= 15 is 0 Å². The molecule has 0 bridgehead atoms. The van der Waals surface area contributed by atoms with Gasteiger partial charge in [-0.15, -0.1) is 11.3 Å². The number of rotatable bonds is 13. The fourth-order valence-electron chi connectivity index (χ4n) is 6.27. The van der Waals surface area contributed by atoms with Gasteiger partial charge in [-0.05, 0) is 65.7 Å². The van der Waals surface area contributed by atoms with E-state index in [-0.39, 0.29) is 47.6 Å². The molecule has 3 heterocycles. The number of methoxy groups -OCH3 is 1. The fraction of sp³-hybridized carbons (Fsp3) is 0.289. The number of piperidine rings is 1. The molecule has 2 aromatic heterocycles. The van der Waals surface area contributed by atoms with Crippen molar-refractivity contribution in [2.45, 2.75) is 38.0 Å². The maximum atomic E-state index is 13.3. The van der Waals surface area contributed by atoms with Crippen LogP contribution in [0.15, 0.2) is 76.9 Å². The van der Waals surface area contributed by atoms with Crippen LogP contribution in [0.3, 0.4) is 0 Å². The number of phenolic OH excluding ortho intramolecular Hbond substituents is 1. The molecule has 6 rings (SSSR count). The Morgan fingerprint density at radius 3 is 2.58 bits per heavy atom. The van der Waals surface area contributed by atoms with Gasteiger partial charge in [0.25, 0.3) is 0 Å². The summed E-state index contributed by atoms with van der Waals surface area (Å²) < 4.78 is 24.6. The van der Waals surface area contributed by atoms with Crippen molar-refractivity contribution in [3.8, 4) is 21.9 Å². The Kier molecular flexibility index (Phi) is 12.3. The molecule has 5 aromatic rings. The second-order valence-electron chi connectivity index (χ2n) is 12.6. The number of aromatic amines is 1. The maximum Gasteiger partial charge on any atom is 0.411 e. The SMILES string of the molecule is COc1cc(NC(=O)CCN2CCC(OC(=O)Nc3ccsc3-c3ccc(F)cc3)CC2)c(Cl)cc1CNCC(O)c1ccc(O)c2[nH]c(=O)ccc12. The number of aromatic nitrogens is 1. The molecule has 1 saturated heterocycles. The molecular formula is C38H39ClFN5O7S. The van der Waals surface area contributed by atoms with Crippen LogP contribution in [-0.4, -0.2) is 71.5 Å². The average molecular weight is 764 g/mol. The number of thiophene rings is 1. The van der Waals surface area contributed by atoms with Gasteiger partial charge in [-0.25, -0.2) is 9.18 Å². The van der Waals surface area contributed by atoms with Crippen LogP contribution in [-0.2, 0) is 16.1 Å². The van der Waals surface area contributed by atoms with Gasteiger partial charge in [-0.3, -0.25) is 14.9 Å². The lowest BCUT2D eigenvalue weighted by molar-refractivity contribution is -0.116. The number of pyridine rings is 1. The Bertz CT molecular complexity index is 2140. The molecule has 6 N–H and O–H groups in total. The highest BCUT2D eigenvalue weighted by Crippen LogP contribution is 2.35. The van der Waals surface area contributed by atoms with Crippen LogP contribution in [0, 0.1) is 5.82 Å². The number of hydrogen-bond acceptors (Lipinski definition) is 10. The van der Waals surface area contributed by atoms with Gasteiger partial charge in [-0.2, -0.15) is 0 Å². The third kappa shape index (κ3) is 9.52. The Labute approximate surface area is 313 Å². The summed E-state index contributed by atoms with van der Waals surface area (Å²) in [6, 6.07) is 17.2. The summed E-state index contributed by atoms with van der Waals surface area (Å²) in [7, 11) is 1.51. The number of anilines is 2. The number of aromatic hydroxyl groups is 1. The maximum absolute atomic E-state index is 13.3. The van der Waals surface area contributed by atoms with Gasteiger partial charge in [-0.1, -0.05) is 29.8 Å². The van der Waals surface area contributed by atoms with Gasteiger partial charge in [0.05, 0.1) is 40.0 Å². The van der Waals surface area contributed by atoms with E-state index in [2.05, 4.69) is 25.8 Å². The summed E-state index contributed by atoms with van der Waals surface area (Å²) in [4.78, 5) is 42.8. The lowest BCUT2D eigenvalue weighted by atomic mass is 10.0. The number of hydrogen-bond donors (Lipinski definition) is 6. The summed E-state index contributed by atoms with van der Waals surface area (Å²) >= 11 is 8.00. The molecule has 278 valence electrons. The average Bonchev–Trinajstić information content (AvgIpc) is 3.60. The number of halogens is 2. The Hall–Kier alpha value is -4.99. The highest BCUT2D eigenvalue weighted by Gasteiger charge is 2.24. The summed E-state index contributed by atoms with van der Waals surface area (Å²) in [5.41, 5.74) is 2.97. The Balaban J connectivity index is 0.938. The van der Waals surface area contributed by atoms with Crippen LogP contribution in [0.25, 0.3) is 21.3 Å². The van der Waals surface area contributed by atoms with Crippen LogP contribution in [0.2, 0.25) is 5.02 Å². The first-order valence-corrected chi connectivity index (χ1v) is 18.3. The number of nitrogens with one attached hydrogen (secondary N) is 4. The molecular weight excluding hydrogens is 725 g/mol. The number of ether oxygens (including phenoxy) is 2. The van der Waals surface area contributed by atoms with Crippen molar-refractivity contribution in [2.24, 2.45) is 0 Å². The summed E-state index contributed by atoms with van der Waals surface area (Å²) in [6.45, 7) is 2.30.